The van der Waals surface area contributed by atoms with Gasteiger partial charge in [-0.05, 0) is 44.1 Å². The minimum atomic E-state index is -0.241. The van der Waals surface area contributed by atoms with Crippen molar-refractivity contribution in [3.05, 3.63) is 24.0 Å². The Bertz CT molecular complexity index is 607. The zero-order chi connectivity index (χ0) is 13.6. The van der Waals surface area contributed by atoms with Crippen molar-refractivity contribution in [3.63, 3.8) is 0 Å². The van der Waals surface area contributed by atoms with Crippen molar-refractivity contribution in [1.29, 1.82) is 0 Å². The van der Waals surface area contributed by atoms with E-state index in [1.807, 2.05) is 4.57 Å². The van der Waals surface area contributed by atoms with Crippen LogP contribution in [0.15, 0.2) is 18.2 Å². The smallest absolute Gasteiger partial charge is 0.201 e. The number of likely N-dealkylation sites (tertiary alicyclic amines) is 1. The zero-order valence-electron chi connectivity index (χ0n) is 11.3. The Balaban J connectivity index is 2.09. The molecule has 1 aliphatic rings. The van der Waals surface area contributed by atoms with Crippen molar-refractivity contribution >= 4 is 17.0 Å². The molecule has 1 fully saturated rings. The number of nitrogens with two attached hydrogens (primary N) is 1. The van der Waals surface area contributed by atoms with Crippen LogP contribution in [0.3, 0.4) is 0 Å². The van der Waals surface area contributed by atoms with Gasteiger partial charge in [-0.2, -0.15) is 0 Å². The summed E-state index contributed by atoms with van der Waals surface area (Å²) >= 11 is 0. The average Bonchev–Trinajstić information content (AvgIpc) is 2.65. The summed E-state index contributed by atoms with van der Waals surface area (Å²) in [6.07, 6.45) is 1.02. The van der Waals surface area contributed by atoms with Gasteiger partial charge in [0.2, 0.25) is 5.95 Å². The van der Waals surface area contributed by atoms with Gasteiger partial charge < -0.3 is 15.2 Å². The molecule has 0 saturated carbocycles. The van der Waals surface area contributed by atoms with Crippen LogP contribution in [0.5, 0.6) is 0 Å². The van der Waals surface area contributed by atoms with Gasteiger partial charge in [0.25, 0.3) is 0 Å². The van der Waals surface area contributed by atoms with Gasteiger partial charge in [0.1, 0.15) is 5.82 Å². The molecule has 2 atom stereocenters. The number of nitrogens with zero attached hydrogens (tertiary/aromatic N) is 3. The highest BCUT2D eigenvalue weighted by atomic mass is 19.1. The minimum absolute atomic E-state index is 0.241. The highest BCUT2D eigenvalue weighted by Gasteiger charge is 2.28. The summed E-state index contributed by atoms with van der Waals surface area (Å²) in [4.78, 5) is 6.66. The number of hydrogen-bond acceptors (Lipinski definition) is 3. The molecule has 19 heavy (non-hydrogen) atoms. The molecule has 102 valence electrons. The van der Waals surface area contributed by atoms with Crippen molar-refractivity contribution in [2.75, 3.05) is 25.9 Å². The monoisotopic (exact) mass is 262 g/mol. The topological polar surface area (TPSA) is 47.1 Å². The third-order valence-corrected chi connectivity index (χ3v) is 4.07. The highest BCUT2D eigenvalue weighted by Crippen LogP contribution is 2.33. The summed E-state index contributed by atoms with van der Waals surface area (Å²) in [5.41, 5.74) is 7.62. The Morgan fingerprint density at radius 2 is 2.21 bits per heavy atom. The molecule has 2 heterocycles. The van der Waals surface area contributed by atoms with E-state index in [2.05, 4.69) is 23.9 Å². The van der Waals surface area contributed by atoms with E-state index in [0.29, 0.717) is 17.9 Å². The van der Waals surface area contributed by atoms with Crippen molar-refractivity contribution in [3.8, 4) is 0 Å². The van der Waals surface area contributed by atoms with Crippen LogP contribution in [0.1, 0.15) is 19.4 Å². The molecule has 0 bridgehead atoms. The Labute approximate surface area is 112 Å². The lowest BCUT2D eigenvalue weighted by atomic mass is 9.94. The lowest BCUT2D eigenvalue weighted by Gasteiger charge is -2.36. The van der Waals surface area contributed by atoms with Crippen LogP contribution in [-0.4, -0.2) is 34.6 Å². The first kappa shape index (κ1) is 12.4. The van der Waals surface area contributed by atoms with Crippen molar-refractivity contribution in [2.45, 2.75) is 19.4 Å². The van der Waals surface area contributed by atoms with E-state index in [-0.39, 0.29) is 5.82 Å². The average molecular weight is 262 g/mol. The molecular weight excluding hydrogens is 243 g/mol. The minimum Gasteiger partial charge on any atom is -0.369 e. The quantitative estimate of drug-likeness (QED) is 0.857. The van der Waals surface area contributed by atoms with Crippen LogP contribution in [0.2, 0.25) is 0 Å². The second kappa shape index (κ2) is 4.49. The van der Waals surface area contributed by atoms with Crippen molar-refractivity contribution < 1.29 is 4.39 Å². The van der Waals surface area contributed by atoms with E-state index in [0.717, 1.165) is 30.5 Å². The molecule has 0 spiro atoms. The largest absolute Gasteiger partial charge is 0.369 e. The highest BCUT2D eigenvalue weighted by molar-refractivity contribution is 5.78. The second-order valence-electron chi connectivity index (χ2n) is 5.57. The van der Waals surface area contributed by atoms with E-state index >= 15 is 0 Å². The molecule has 2 unspecified atom stereocenters. The first-order chi connectivity index (χ1) is 9.06. The molecule has 5 heteroatoms. The van der Waals surface area contributed by atoms with Gasteiger partial charge in [0.05, 0.1) is 11.0 Å². The first-order valence-electron chi connectivity index (χ1n) is 6.68. The summed E-state index contributed by atoms with van der Waals surface area (Å²) in [5.74, 6) is 0.720. The summed E-state index contributed by atoms with van der Waals surface area (Å²) in [6, 6.07) is 4.95. The molecule has 1 aliphatic heterocycles. The number of fused-ring (bicyclic) bond motifs is 1. The molecule has 0 aliphatic carbocycles. The van der Waals surface area contributed by atoms with E-state index < -0.39 is 0 Å². The maximum absolute atomic E-state index is 13.5. The summed E-state index contributed by atoms with van der Waals surface area (Å²) in [5, 5.41) is 0. The third kappa shape index (κ3) is 2.08. The Kier molecular flexibility index (Phi) is 2.93. The molecule has 3 rings (SSSR count). The van der Waals surface area contributed by atoms with Crippen LogP contribution in [-0.2, 0) is 0 Å². The number of rotatable bonds is 1. The van der Waals surface area contributed by atoms with Crippen LogP contribution < -0.4 is 5.73 Å². The maximum atomic E-state index is 13.5. The molecule has 1 aromatic carbocycles. The number of piperidine rings is 1. The summed E-state index contributed by atoms with van der Waals surface area (Å²) in [7, 11) is 2.13. The number of imidazole rings is 1. The van der Waals surface area contributed by atoms with Gasteiger partial charge in [-0.15, -0.1) is 0 Å². The Morgan fingerprint density at radius 1 is 1.42 bits per heavy atom. The van der Waals surface area contributed by atoms with Crippen molar-refractivity contribution in [1.82, 2.24) is 14.5 Å². The van der Waals surface area contributed by atoms with Crippen LogP contribution in [0.25, 0.3) is 11.0 Å². The van der Waals surface area contributed by atoms with Gasteiger partial charge in [0.15, 0.2) is 0 Å². The zero-order valence-corrected chi connectivity index (χ0v) is 11.3. The number of aromatic nitrogens is 2. The molecule has 0 amide bonds. The number of halogens is 1. The molecule has 0 radical (unpaired) electrons. The molecule has 1 saturated heterocycles. The van der Waals surface area contributed by atoms with Gasteiger partial charge in [-0.1, -0.05) is 6.92 Å². The van der Waals surface area contributed by atoms with Crippen LogP contribution in [0.4, 0.5) is 10.3 Å². The Hall–Kier alpha value is -1.62. The predicted molar refractivity (Wildman–Crippen MR) is 74.4 cm³/mol. The van der Waals surface area contributed by atoms with E-state index in [1.165, 1.54) is 12.1 Å². The first-order valence-corrected chi connectivity index (χ1v) is 6.68. The molecular formula is C14H19FN4. The number of hydrogen-bond donors (Lipinski definition) is 1. The van der Waals surface area contributed by atoms with Gasteiger partial charge in [-0.25, -0.2) is 9.37 Å². The van der Waals surface area contributed by atoms with E-state index in [9.17, 15) is 4.39 Å². The summed E-state index contributed by atoms with van der Waals surface area (Å²) < 4.78 is 15.5. The Morgan fingerprint density at radius 3 is 2.95 bits per heavy atom. The van der Waals surface area contributed by atoms with Crippen LogP contribution in [0, 0.1) is 11.7 Å². The second-order valence-corrected chi connectivity index (χ2v) is 5.57. The normalized spacial score (nSPS) is 25.0. The lowest BCUT2D eigenvalue weighted by molar-refractivity contribution is 0.162. The SMILES string of the molecule is CC1CN(C)CCC1n1c(N)nc2ccc(F)cc21. The summed E-state index contributed by atoms with van der Waals surface area (Å²) in [6.45, 7) is 4.27. The van der Waals surface area contributed by atoms with Gasteiger partial charge in [-0.3, -0.25) is 0 Å². The number of nitrogen functional groups attached to an aromatic ring is 1. The van der Waals surface area contributed by atoms with Gasteiger partial charge >= 0.3 is 0 Å². The van der Waals surface area contributed by atoms with Gasteiger partial charge in [0, 0.05) is 12.6 Å². The number of benzene rings is 1. The number of anilines is 1. The fourth-order valence-corrected chi connectivity index (χ4v) is 3.16. The van der Waals surface area contributed by atoms with Crippen LogP contribution >= 0.6 is 0 Å². The maximum Gasteiger partial charge on any atom is 0.201 e. The van der Waals surface area contributed by atoms with Crippen molar-refractivity contribution in [2.24, 2.45) is 5.92 Å². The van der Waals surface area contributed by atoms with E-state index in [4.69, 9.17) is 5.73 Å². The lowest BCUT2D eigenvalue weighted by Crippen LogP contribution is -2.38. The third-order valence-electron chi connectivity index (χ3n) is 4.07. The standard InChI is InChI=1S/C14H19FN4/c1-9-8-18(2)6-5-12(9)19-13-7-10(15)3-4-11(13)17-14(19)16/h3-4,7,9,12H,5-6,8H2,1-2H3,(H2,16,17). The fourth-order valence-electron chi connectivity index (χ4n) is 3.16. The molecule has 4 nitrogen and oxygen atoms in total. The molecule has 2 N–H and O–H groups in total. The fraction of sp³-hybridized carbons (Fsp3) is 0.500. The molecule has 2 aromatic rings. The molecule has 1 aromatic heterocycles. The predicted octanol–water partition coefficient (Wildman–Crippen LogP) is 2.27. The van der Waals surface area contributed by atoms with E-state index in [1.54, 1.807) is 6.07 Å².